The molecule has 0 bridgehead atoms. The van der Waals surface area contributed by atoms with E-state index in [0.29, 0.717) is 5.15 Å². The first kappa shape index (κ1) is 11.9. The van der Waals surface area contributed by atoms with Crippen LogP contribution in [0.1, 0.15) is 49.6 Å². The quantitative estimate of drug-likeness (QED) is 0.794. The second kappa shape index (κ2) is 3.92. The summed E-state index contributed by atoms with van der Waals surface area (Å²) in [5, 5.41) is 13.7. The third kappa shape index (κ3) is 1.55. The minimum Gasteiger partial charge on any atom is -0.195 e. The Morgan fingerprint density at radius 3 is 2.44 bits per heavy atom. The van der Waals surface area contributed by atoms with Crippen molar-refractivity contribution in [3.63, 3.8) is 0 Å². The molecule has 1 aliphatic rings. The van der Waals surface area contributed by atoms with E-state index in [2.05, 4.69) is 22.2 Å². The normalized spacial score (nSPS) is 18.7. The molecule has 2 aromatic rings. The molecule has 2 heterocycles. The lowest BCUT2D eigenvalue weighted by Gasteiger charge is -2.20. The van der Waals surface area contributed by atoms with Crippen LogP contribution in [-0.4, -0.2) is 19.8 Å². The van der Waals surface area contributed by atoms with Crippen molar-refractivity contribution in [1.82, 2.24) is 19.8 Å². The molecule has 2 aromatic heterocycles. The summed E-state index contributed by atoms with van der Waals surface area (Å²) in [6.07, 6.45) is 4.81. The zero-order valence-electron chi connectivity index (χ0n) is 11.0. The number of fused-ring (bicyclic) bond motifs is 1. The van der Waals surface area contributed by atoms with E-state index in [4.69, 9.17) is 11.6 Å². The van der Waals surface area contributed by atoms with Crippen LogP contribution in [0.3, 0.4) is 0 Å². The summed E-state index contributed by atoms with van der Waals surface area (Å²) in [6.45, 7) is 6.24. The van der Waals surface area contributed by atoms with Gasteiger partial charge < -0.3 is 0 Å². The number of aromatic nitrogens is 4. The fourth-order valence-corrected chi connectivity index (χ4v) is 3.07. The van der Waals surface area contributed by atoms with Gasteiger partial charge in [-0.2, -0.15) is 9.61 Å². The topological polar surface area (TPSA) is 43.1 Å². The Morgan fingerprint density at radius 1 is 1.11 bits per heavy atom. The van der Waals surface area contributed by atoms with Crippen LogP contribution in [0, 0.1) is 13.8 Å². The highest BCUT2D eigenvalue weighted by Crippen LogP contribution is 2.39. The summed E-state index contributed by atoms with van der Waals surface area (Å²) < 4.78 is 1.84. The smallest absolute Gasteiger partial charge is 0.181 e. The highest BCUT2D eigenvalue weighted by molar-refractivity contribution is 6.30. The van der Waals surface area contributed by atoms with Crippen LogP contribution in [-0.2, 0) is 5.41 Å². The van der Waals surface area contributed by atoms with Crippen molar-refractivity contribution >= 4 is 17.2 Å². The Hall–Kier alpha value is -1.16. The Bertz CT molecular complexity index is 611. The Kier molecular flexibility index (Phi) is 2.59. The molecule has 96 valence electrons. The van der Waals surface area contributed by atoms with E-state index >= 15 is 0 Å². The lowest BCUT2D eigenvalue weighted by molar-refractivity contribution is 0.446. The van der Waals surface area contributed by atoms with Crippen molar-refractivity contribution in [3.8, 4) is 0 Å². The van der Waals surface area contributed by atoms with Crippen LogP contribution in [0.4, 0.5) is 0 Å². The number of halogens is 1. The fraction of sp³-hybridized carbons (Fsp3) is 0.615. The first-order valence-electron chi connectivity index (χ1n) is 6.41. The van der Waals surface area contributed by atoms with E-state index < -0.39 is 0 Å². The van der Waals surface area contributed by atoms with Crippen LogP contribution in [0.2, 0.25) is 5.15 Å². The maximum atomic E-state index is 6.19. The molecule has 0 atom stereocenters. The van der Waals surface area contributed by atoms with Gasteiger partial charge in [-0.25, -0.2) is 0 Å². The Labute approximate surface area is 111 Å². The van der Waals surface area contributed by atoms with E-state index in [1.165, 1.54) is 12.8 Å². The average Bonchev–Trinajstić information content (AvgIpc) is 2.93. The minimum absolute atomic E-state index is 0.0947. The lowest BCUT2D eigenvalue weighted by atomic mass is 9.88. The van der Waals surface area contributed by atoms with Crippen molar-refractivity contribution < 1.29 is 0 Å². The third-order valence-corrected chi connectivity index (χ3v) is 4.64. The summed E-state index contributed by atoms with van der Waals surface area (Å²) in [4.78, 5) is 0. The van der Waals surface area contributed by atoms with Crippen LogP contribution >= 0.6 is 11.6 Å². The van der Waals surface area contributed by atoms with E-state index in [1.807, 2.05) is 18.4 Å². The molecule has 0 unspecified atom stereocenters. The summed E-state index contributed by atoms with van der Waals surface area (Å²) in [5.74, 6) is 0.958. The van der Waals surface area contributed by atoms with Gasteiger partial charge in [-0.05, 0) is 32.3 Å². The van der Waals surface area contributed by atoms with Gasteiger partial charge in [0.05, 0.1) is 0 Å². The predicted octanol–water partition coefficient (Wildman–Crippen LogP) is 3.23. The van der Waals surface area contributed by atoms with Crippen molar-refractivity contribution in [1.29, 1.82) is 0 Å². The van der Waals surface area contributed by atoms with Crippen molar-refractivity contribution in [2.75, 3.05) is 0 Å². The first-order valence-corrected chi connectivity index (χ1v) is 6.79. The summed E-state index contributed by atoms with van der Waals surface area (Å²) >= 11 is 6.19. The van der Waals surface area contributed by atoms with Crippen LogP contribution in [0.15, 0.2) is 0 Å². The summed E-state index contributed by atoms with van der Waals surface area (Å²) in [7, 11) is 0. The van der Waals surface area contributed by atoms with Gasteiger partial charge in [0.15, 0.2) is 16.6 Å². The molecule has 0 spiro atoms. The molecule has 3 rings (SSSR count). The lowest BCUT2D eigenvalue weighted by Crippen LogP contribution is -2.21. The van der Waals surface area contributed by atoms with Gasteiger partial charge in [0.2, 0.25) is 0 Å². The second-order valence-corrected chi connectivity index (χ2v) is 5.93. The number of rotatable bonds is 1. The van der Waals surface area contributed by atoms with E-state index in [0.717, 1.165) is 35.4 Å². The van der Waals surface area contributed by atoms with Gasteiger partial charge in [0, 0.05) is 11.0 Å². The number of hydrogen-bond donors (Lipinski definition) is 0. The van der Waals surface area contributed by atoms with E-state index in [1.54, 1.807) is 0 Å². The molecule has 0 aliphatic heterocycles. The van der Waals surface area contributed by atoms with Crippen molar-refractivity contribution in [3.05, 3.63) is 22.1 Å². The molecule has 0 N–H and O–H groups in total. The SMILES string of the molecule is Cc1c(Cl)nn2c(C3(C)CCCC3)nnc2c1C. The van der Waals surface area contributed by atoms with Gasteiger partial charge in [-0.1, -0.05) is 31.4 Å². The van der Waals surface area contributed by atoms with Crippen LogP contribution in [0.25, 0.3) is 5.65 Å². The molecule has 0 amide bonds. The van der Waals surface area contributed by atoms with E-state index in [-0.39, 0.29) is 5.41 Å². The molecule has 1 aliphatic carbocycles. The Balaban J connectivity index is 2.26. The summed E-state index contributed by atoms with van der Waals surface area (Å²) in [6, 6.07) is 0. The molecule has 18 heavy (non-hydrogen) atoms. The average molecular weight is 265 g/mol. The fourth-order valence-electron chi connectivity index (χ4n) is 2.85. The predicted molar refractivity (Wildman–Crippen MR) is 71.1 cm³/mol. The molecule has 5 heteroatoms. The molecular formula is C13H17ClN4. The van der Waals surface area contributed by atoms with Crippen LogP contribution < -0.4 is 0 Å². The molecule has 1 fully saturated rings. The maximum absolute atomic E-state index is 6.19. The number of aryl methyl sites for hydroxylation is 1. The minimum atomic E-state index is 0.0947. The number of nitrogens with zero attached hydrogens (tertiary/aromatic N) is 4. The zero-order chi connectivity index (χ0) is 12.9. The standard InChI is InChI=1S/C13H17ClN4/c1-8-9(2)11-15-16-12(18(11)17-10(8)14)13(3)6-4-5-7-13/h4-7H2,1-3H3. The highest BCUT2D eigenvalue weighted by Gasteiger charge is 2.35. The molecule has 0 saturated heterocycles. The molecule has 0 aromatic carbocycles. The first-order chi connectivity index (χ1) is 8.53. The van der Waals surface area contributed by atoms with Gasteiger partial charge in [-0.3, -0.25) is 0 Å². The molecule has 4 nitrogen and oxygen atoms in total. The second-order valence-electron chi connectivity index (χ2n) is 5.57. The molecule has 1 saturated carbocycles. The van der Waals surface area contributed by atoms with Gasteiger partial charge in [-0.15, -0.1) is 10.2 Å². The monoisotopic (exact) mass is 264 g/mol. The van der Waals surface area contributed by atoms with Gasteiger partial charge >= 0.3 is 0 Å². The van der Waals surface area contributed by atoms with Crippen LogP contribution in [0.5, 0.6) is 0 Å². The molecular weight excluding hydrogens is 248 g/mol. The van der Waals surface area contributed by atoms with Gasteiger partial charge in [0.1, 0.15) is 0 Å². The largest absolute Gasteiger partial charge is 0.195 e. The Morgan fingerprint density at radius 2 is 1.78 bits per heavy atom. The summed E-state index contributed by atoms with van der Waals surface area (Å²) in [5.41, 5.74) is 2.98. The molecule has 0 radical (unpaired) electrons. The maximum Gasteiger partial charge on any atom is 0.181 e. The van der Waals surface area contributed by atoms with Crippen molar-refractivity contribution in [2.45, 2.75) is 51.9 Å². The van der Waals surface area contributed by atoms with Gasteiger partial charge in [0.25, 0.3) is 0 Å². The zero-order valence-corrected chi connectivity index (χ0v) is 11.8. The van der Waals surface area contributed by atoms with E-state index in [9.17, 15) is 0 Å². The third-order valence-electron chi connectivity index (χ3n) is 4.28. The highest BCUT2D eigenvalue weighted by atomic mass is 35.5. The van der Waals surface area contributed by atoms with Crippen molar-refractivity contribution in [2.24, 2.45) is 0 Å². The number of hydrogen-bond acceptors (Lipinski definition) is 3.